The van der Waals surface area contributed by atoms with Crippen LogP contribution in [0.25, 0.3) is 0 Å². The Kier molecular flexibility index (Phi) is 3.75. The van der Waals surface area contributed by atoms with Gasteiger partial charge in [-0.2, -0.15) is 5.10 Å². The van der Waals surface area contributed by atoms with Gasteiger partial charge in [0.15, 0.2) is 0 Å². The van der Waals surface area contributed by atoms with Crippen LogP contribution in [0.1, 0.15) is 23.9 Å². The van der Waals surface area contributed by atoms with Crippen LogP contribution in [0, 0.1) is 5.82 Å². The number of hydrogen-bond acceptors (Lipinski definition) is 4. The van der Waals surface area contributed by atoms with Gasteiger partial charge in [-0.1, -0.05) is 12.1 Å². The number of fused-ring (bicyclic) bond motifs is 1. The molecule has 2 heterocycles. The maximum absolute atomic E-state index is 13.1. The van der Waals surface area contributed by atoms with Gasteiger partial charge < -0.3 is 10.4 Å². The molecular formula is C14H17FN4O. The molecule has 0 bridgehead atoms. The third kappa shape index (κ3) is 2.86. The van der Waals surface area contributed by atoms with E-state index in [0.29, 0.717) is 12.1 Å². The summed E-state index contributed by atoms with van der Waals surface area (Å²) in [5, 5.41) is 17.5. The van der Waals surface area contributed by atoms with Crippen molar-refractivity contribution in [1.82, 2.24) is 20.1 Å². The number of benzene rings is 1. The average Bonchev–Trinajstić information content (AvgIpc) is 2.92. The third-order valence-electron chi connectivity index (χ3n) is 3.64. The van der Waals surface area contributed by atoms with Crippen LogP contribution in [0.3, 0.4) is 0 Å². The molecule has 6 heteroatoms. The molecule has 106 valence electrons. The average molecular weight is 276 g/mol. The summed E-state index contributed by atoms with van der Waals surface area (Å²) >= 11 is 0. The van der Waals surface area contributed by atoms with Crippen LogP contribution < -0.4 is 5.32 Å². The standard InChI is InChI=1S/C14H17FN4O/c15-11-3-1-2-10(6-11)13(20)7-16-12-4-5-14-17-9-18-19(14)8-12/h1-3,6,9,12-13,16,20H,4-5,7-8H2/t12-,13-/m0/s1. The van der Waals surface area contributed by atoms with Gasteiger partial charge in [-0.25, -0.2) is 14.1 Å². The van der Waals surface area contributed by atoms with Gasteiger partial charge in [-0.15, -0.1) is 0 Å². The maximum Gasteiger partial charge on any atom is 0.138 e. The number of aryl methyl sites for hydroxylation is 1. The Morgan fingerprint density at radius 3 is 3.25 bits per heavy atom. The lowest BCUT2D eigenvalue weighted by atomic mass is 10.1. The Morgan fingerprint density at radius 1 is 1.50 bits per heavy atom. The summed E-state index contributed by atoms with van der Waals surface area (Å²) in [4.78, 5) is 4.18. The molecule has 0 spiro atoms. The number of aliphatic hydroxyl groups is 1. The van der Waals surface area contributed by atoms with Crippen molar-refractivity contribution in [2.75, 3.05) is 6.54 Å². The first-order valence-electron chi connectivity index (χ1n) is 6.76. The Morgan fingerprint density at radius 2 is 2.40 bits per heavy atom. The Balaban J connectivity index is 1.55. The van der Waals surface area contributed by atoms with Crippen molar-refractivity contribution in [1.29, 1.82) is 0 Å². The molecular weight excluding hydrogens is 259 g/mol. The van der Waals surface area contributed by atoms with Gasteiger partial charge in [0.2, 0.25) is 0 Å². The monoisotopic (exact) mass is 276 g/mol. The van der Waals surface area contributed by atoms with E-state index < -0.39 is 6.10 Å². The fraction of sp³-hybridized carbons (Fsp3) is 0.429. The third-order valence-corrected chi connectivity index (χ3v) is 3.64. The number of halogens is 1. The van der Waals surface area contributed by atoms with Crippen molar-refractivity contribution in [2.24, 2.45) is 0 Å². The van der Waals surface area contributed by atoms with E-state index >= 15 is 0 Å². The van der Waals surface area contributed by atoms with Gasteiger partial charge in [0.05, 0.1) is 12.6 Å². The van der Waals surface area contributed by atoms with E-state index in [4.69, 9.17) is 0 Å². The lowest BCUT2D eigenvalue weighted by molar-refractivity contribution is 0.164. The highest BCUT2D eigenvalue weighted by Crippen LogP contribution is 2.15. The molecule has 2 aromatic rings. The van der Waals surface area contributed by atoms with Crippen LogP contribution in [0.2, 0.25) is 0 Å². The summed E-state index contributed by atoms with van der Waals surface area (Å²) in [7, 11) is 0. The molecule has 1 aromatic carbocycles. The van der Waals surface area contributed by atoms with Crippen LogP contribution >= 0.6 is 0 Å². The molecule has 0 unspecified atom stereocenters. The van der Waals surface area contributed by atoms with Gasteiger partial charge in [0.25, 0.3) is 0 Å². The first-order chi connectivity index (χ1) is 9.72. The predicted octanol–water partition coefficient (Wildman–Crippen LogP) is 1.06. The second-order valence-corrected chi connectivity index (χ2v) is 5.07. The van der Waals surface area contributed by atoms with E-state index in [1.807, 2.05) is 4.68 Å². The molecule has 0 fully saturated rings. The molecule has 0 amide bonds. The molecule has 0 aliphatic carbocycles. The van der Waals surface area contributed by atoms with Crippen LogP contribution in [0.15, 0.2) is 30.6 Å². The van der Waals surface area contributed by atoms with Crippen molar-refractivity contribution in [2.45, 2.75) is 31.5 Å². The molecule has 3 rings (SSSR count). The summed E-state index contributed by atoms with van der Waals surface area (Å²) in [6, 6.07) is 6.33. The zero-order valence-electron chi connectivity index (χ0n) is 11.0. The number of nitrogens with zero attached hydrogens (tertiary/aromatic N) is 3. The van der Waals surface area contributed by atoms with Gasteiger partial charge >= 0.3 is 0 Å². The minimum absolute atomic E-state index is 0.257. The molecule has 20 heavy (non-hydrogen) atoms. The predicted molar refractivity (Wildman–Crippen MR) is 71.5 cm³/mol. The molecule has 5 nitrogen and oxygen atoms in total. The molecule has 0 saturated carbocycles. The summed E-state index contributed by atoms with van der Waals surface area (Å²) in [5.74, 6) is 0.681. The smallest absolute Gasteiger partial charge is 0.138 e. The molecule has 1 aliphatic heterocycles. The fourth-order valence-electron chi connectivity index (χ4n) is 2.51. The van der Waals surface area contributed by atoms with E-state index in [1.165, 1.54) is 12.1 Å². The van der Waals surface area contributed by atoms with E-state index in [-0.39, 0.29) is 11.9 Å². The molecule has 2 atom stereocenters. The van der Waals surface area contributed by atoms with Crippen molar-refractivity contribution in [3.05, 3.63) is 47.8 Å². The van der Waals surface area contributed by atoms with Crippen LogP contribution in [-0.4, -0.2) is 32.5 Å². The minimum Gasteiger partial charge on any atom is -0.387 e. The van der Waals surface area contributed by atoms with Gasteiger partial charge in [-0.05, 0) is 24.1 Å². The van der Waals surface area contributed by atoms with Crippen molar-refractivity contribution in [3.63, 3.8) is 0 Å². The van der Waals surface area contributed by atoms with Crippen LogP contribution in [0.4, 0.5) is 4.39 Å². The zero-order chi connectivity index (χ0) is 13.9. The number of hydrogen-bond donors (Lipinski definition) is 2. The van der Waals surface area contributed by atoms with E-state index in [1.54, 1.807) is 18.5 Å². The highest BCUT2D eigenvalue weighted by Gasteiger charge is 2.20. The van der Waals surface area contributed by atoms with Crippen LogP contribution in [0.5, 0.6) is 0 Å². The normalized spacial score (nSPS) is 19.6. The topological polar surface area (TPSA) is 63.0 Å². The van der Waals surface area contributed by atoms with E-state index in [9.17, 15) is 9.50 Å². The number of nitrogens with one attached hydrogen (secondary N) is 1. The minimum atomic E-state index is -0.706. The number of aliphatic hydroxyl groups excluding tert-OH is 1. The first kappa shape index (κ1) is 13.2. The summed E-state index contributed by atoms with van der Waals surface area (Å²) < 4.78 is 15.0. The molecule has 1 aromatic heterocycles. The quantitative estimate of drug-likeness (QED) is 0.876. The number of rotatable bonds is 4. The molecule has 2 N–H and O–H groups in total. The van der Waals surface area contributed by atoms with Crippen molar-refractivity contribution >= 4 is 0 Å². The fourth-order valence-corrected chi connectivity index (χ4v) is 2.51. The molecule has 1 aliphatic rings. The Bertz CT molecular complexity index is 586. The largest absolute Gasteiger partial charge is 0.387 e. The SMILES string of the molecule is O[C@@H](CN[C@H]1CCc2ncnn2C1)c1cccc(F)c1. The maximum atomic E-state index is 13.1. The van der Waals surface area contributed by atoms with Gasteiger partial charge in [-0.3, -0.25) is 0 Å². The molecule has 0 saturated heterocycles. The van der Waals surface area contributed by atoms with Crippen molar-refractivity contribution in [3.8, 4) is 0 Å². The summed E-state index contributed by atoms with van der Waals surface area (Å²) in [5.41, 5.74) is 0.592. The lowest BCUT2D eigenvalue weighted by Gasteiger charge is -2.25. The van der Waals surface area contributed by atoms with Crippen molar-refractivity contribution < 1.29 is 9.50 Å². The lowest BCUT2D eigenvalue weighted by Crippen LogP contribution is -2.39. The van der Waals surface area contributed by atoms with Crippen LogP contribution in [-0.2, 0) is 13.0 Å². The van der Waals surface area contributed by atoms with Gasteiger partial charge in [0.1, 0.15) is 18.0 Å². The first-order valence-corrected chi connectivity index (χ1v) is 6.76. The Labute approximate surface area is 116 Å². The summed E-state index contributed by atoms with van der Waals surface area (Å²) in [6.45, 7) is 1.16. The highest BCUT2D eigenvalue weighted by molar-refractivity contribution is 5.19. The second kappa shape index (κ2) is 5.68. The van der Waals surface area contributed by atoms with E-state index in [2.05, 4.69) is 15.4 Å². The second-order valence-electron chi connectivity index (χ2n) is 5.07. The Hall–Kier alpha value is -1.79. The highest BCUT2D eigenvalue weighted by atomic mass is 19.1. The zero-order valence-corrected chi connectivity index (χ0v) is 11.0. The number of aromatic nitrogens is 3. The van der Waals surface area contributed by atoms with Gasteiger partial charge in [0, 0.05) is 19.0 Å². The molecule has 0 radical (unpaired) electrons. The summed E-state index contributed by atoms with van der Waals surface area (Å²) in [6.07, 6.45) is 2.71. The van der Waals surface area contributed by atoms with E-state index in [0.717, 1.165) is 25.2 Å².